The van der Waals surface area contributed by atoms with Gasteiger partial charge in [0.25, 0.3) is 0 Å². The van der Waals surface area contributed by atoms with E-state index in [-0.39, 0.29) is 24.0 Å². The smallest absolute Gasteiger partial charge is 0.453 e. The molecule has 1 N–H and O–H groups in total. The molecule has 3 aliphatic rings. The summed E-state index contributed by atoms with van der Waals surface area (Å²) in [4.78, 5) is 32.3. The van der Waals surface area contributed by atoms with E-state index in [0.29, 0.717) is 32.6 Å². The number of amides is 2. The summed E-state index contributed by atoms with van der Waals surface area (Å²) in [5.41, 5.74) is 3.20. The normalized spacial score (nSPS) is 23.9. The van der Waals surface area contributed by atoms with Gasteiger partial charge < -0.3 is 33.7 Å². The summed E-state index contributed by atoms with van der Waals surface area (Å²) in [6.07, 6.45) is 2.33. The van der Waals surface area contributed by atoms with E-state index in [0.717, 1.165) is 22.3 Å². The van der Waals surface area contributed by atoms with Gasteiger partial charge in [-0.3, -0.25) is 9.79 Å². The molecule has 10 nitrogen and oxygen atoms in total. The number of carbonyl (C=O) groups is 2. The van der Waals surface area contributed by atoms with Crippen molar-refractivity contribution in [3.63, 3.8) is 0 Å². The van der Waals surface area contributed by atoms with Gasteiger partial charge in [-0.1, -0.05) is 38.1 Å². The number of nitrogens with one attached hydrogen (secondary N) is 1. The van der Waals surface area contributed by atoms with Crippen molar-refractivity contribution in [2.24, 2.45) is 10.9 Å². The highest BCUT2D eigenvalue weighted by molar-refractivity contribution is 6.62. The summed E-state index contributed by atoms with van der Waals surface area (Å²) in [5, 5.41) is 2.71. The lowest BCUT2D eigenvalue weighted by Gasteiger charge is -2.32. The first kappa shape index (κ1) is 31.2. The van der Waals surface area contributed by atoms with Crippen molar-refractivity contribution >= 4 is 35.9 Å². The van der Waals surface area contributed by atoms with Crippen molar-refractivity contribution in [3.8, 4) is 0 Å². The van der Waals surface area contributed by atoms with Gasteiger partial charge in [0.05, 0.1) is 43.7 Å². The van der Waals surface area contributed by atoms with Gasteiger partial charge in [0.2, 0.25) is 5.91 Å². The van der Waals surface area contributed by atoms with Crippen LogP contribution < -0.4 is 10.8 Å². The van der Waals surface area contributed by atoms with Gasteiger partial charge in [0, 0.05) is 38.4 Å². The van der Waals surface area contributed by atoms with Crippen molar-refractivity contribution in [2.75, 3.05) is 34.0 Å². The number of ether oxygens (including phenoxy) is 3. The van der Waals surface area contributed by atoms with Crippen LogP contribution in [0.4, 0.5) is 4.79 Å². The van der Waals surface area contributed by atoms with Gasteiger partial charge in [-0.25, -0.2) is 4.79 Å². The Morgan fingerprint density at radius 3 is 2.34 bits per heavy atom. The summed E-state index contributed by atoms with van der Waals surface area (Å²) in [5.74, 6) is -0.298. The van der Waals surface area contributed by atoms with E-state index in [2.05, 4.69) is 17.4 Å². The third-order valence-corrected chi connectivity index (χ3v) is 8.53. The number of hydrogen-bond acceptors (Lipinski definition) is 8. The number of rotatable bonds is 10. The molecule has 0 bridgehead atoms. The molecule has 0 aromatic heterocycles. The topological polar surface area (TPSA) is 108 Å². The van der Waals surface area contributed by atoms with Crippen LogP contribution in [0.1, 0.15) is 59.9 Å². The third-order valence-electron chi connectivity index (χ3n) is 8.53. The molecule has 0 aliphatic carbocycles. The molecule has 2 amide bonds. The van der Waals surface area contributed by atoms with Crippen LogP contribution in [0.2, 0.25) is 0 Å². The maximum atomic E-state index is 13.8. The molecule has 4 rings (SSSR count). The highest BCUT2D eigenvalue weighted by Gasteiger charge is 2.51. The number of aliphatic imine (C=N–C) groups is 1. The Kier molecular flexibility index (Phi) is 9.63. The van der Waals surface area contributed by atoms with Crippen molar-refractivity contribution in [3.05, 3.63) is 36.0 Å². The summed E-state index contributed by atoms with van der Waals surface area (Å²) in [6, 6.07) is 7.23. The van der Waals surface area contributed by atoms with Gasteiger partial charge >= 0.3 is 13.2 Å². The van der Waals surface area contributed by atoms with E-state index < -0.39 is 30.5 Å². The second kappa shape index (κ2) is 12.6. The van der Waals surface area contributed by atoms with E-state index in [9.17, 15) is 9.59 Å². The molecule has 0 saturated carbocycles. The van der Waals surface area contributed by atoms with E-state index in [1.807, 2.05) is 59.9 Å². The number of nitrogens with zero attached hydrogens (tertiary/aromatic N) is 2. The zero-order valence-corrected chi connectivity index (χ0v) is 25.6. The Morgan fingerprint density at radius 1 is 1.10 bits per heavy atom. The lowest BCUT2D eigenvalue weighted by atomic mass is 9.78. The fourth-order valence-electron chi connectivity index (χ4n) is 5.32. The van der Waals surface area contributed by atoms with Crippen molar-refractivity contribution in [1.82, 2.24) is 10.2 Å². The van der Waals surface area contributed by atoms with Gasteiger partial charge in [0.1, 0.15) is 6.04 Å². The standard InChI is InChI=1S/C30H44BN3O7/c1-19(2)26(33-28(36)38-8)27(35)34-18-23(39-14-13-37-7)16-25(34)24-15-21(17-32-24)20-9-11-22(12-10-20)31-40-29(3,4)30(5,6)41-31/h9-12,17,19,23,25-26H,13-16,18H2,1-8H3,(H,33,36)/t23-,25-,26-/m0/s1. The summed E-state index contributed by atoms with van der Waals surface area (Å²) >= 11 is 0. The van der Waals surface area contributed by atoms with Gasteiger partial charge in [-0.15, -0.1) is 0 Å². The molecule has 3 atom stereocenters. The van der Waals surface area contributed by atoms with Crippen LogP contribution in [0.3, 0.4) is 0 Å². The Morgan fingerprint density at radius 2 is 1.76 bits per heavy atom. The van der Waals surface area contributed by atoms with Crippen molar-refractivity contribution in [2.45, 2.75) is 83.8 Å². The van der Waals surface area contributed by atoms with Crippen molar-refractivity contribution in [1.29, 1.82) is 0 Å². The monoisotopic (exact) mass is 569 g/mol. The molecule has 0 spiro atoms. The number of hydrogen-bond donors (Lipinski definition) is 1. The number of alkyl carbamates (subject to hydrolysis) is 1. The van der Waals surface area contributed by atoms with Gasteiger partial charge in [-0.05, 0) is 50.2 Å². The van der Waals surface area contributed by atoms with Crippen LogP contribution in [0.5, 0.6) is 0 Å². The van der Waals surface area contributed by atoms with Crippen molar-refractivity contribution < 1.29 is 33.1 Å². The third kappa shape index (κ3) is 6.85. The maximum Gasteiger partial charge on any atom is 0.494 e. The quantitative estimate of drug-likeness (QED) is 0.341. The van der Waals surface area contributed by atoms with Crippen LogP contribution in [0.25, 0.3) is 5.57 Å². The molecule has 1 aromatic carbocycles. The largest absolute Gasteiger partial charge is 0.494 e. The molecule has 224 valence electrons. The number of carbonyl (C=O) groups excluding carboxylic acids is 2. The van der Waals surface area contributed by atoms with Gasteiger partial charge in [-0.2, -0.15) is 0 Å². The predicted octanol–water partition coefficient (Wildman–Crippen LogP) is 3.18. The minimum Gasteiger partial charge on any atom is -0.453 e. The average Bonchev–Trinajstić information content (AvgIpc) is 3.63. The van der Waals surface area contributed by atoms with E-state index in [1.54, 1.807) is 12.0 Å². The van der Waals surface area contributed by atoms with Crippen LogP contribution in [0, 0.1) is 5.92 Å². The summed E-state index contributed by atoms with van der Waals surface area (Å²) in [6.45, 7) is 13.3. The molecule has 1 aromatic rings. The number of methoxy groups -OCH3 is 2. The summed E-state index contributed by atoms with van der Waals surface area (Å²) < 4.78 is 28.3. The van der Waals surface area contributed by atoms with E-state index in [1.165, 1.54) is 7.11 Å². The molecule has 11 heteroatoms. The number of allylic oxidation sites excluding steroid dienone is 1. The molecule has 3 heterocycles. The van der Waals surface area contributed by atoms with Crippen LogP contribution >= 0.6 is 0 Å². The molecule has 2 fully saturated rings. The highest BCUT2D eigenvalue weighted by atomic mass is 16.7. The molecule has 0 radical (unpaired) electrons. The lowest BCUT2D eigenvalue weighted by molar-refractivity contribution is -0.134. The van der Waals surface area contributed by atoms with E-state index >= 15 is 0 Å². The Bertz CT molecular complexity index is 1150. The molecule has 0 unspecified atom stereocenters. The first-order valence-electron chi connectivity index (χ1n) is 14.3. The first-order valence-corrected chi connectivity index (χ1v) is 14.3. The highest BCUT2D eigenvalue weighted by Crippen LogP contribution is 2.37. The van der Waals surface area contributed by atoms with Crippen LogP contribution in [-0.2, 0) is 28.3 Å². The maximum absolute atomic E-state index is 13.8. The molecule has 41 heavy (non-hydrogen) atoms. The minimum atomic E-state index is -0.723. The molecular weight excluding hydrogens is 525 g/mol. The fraction of sp³-hybridized carbons (Fsp3) is 0.633. The second-order valence-corrected chi connectivity index (χ2v) is 12.2. The van der Waals surface area contributed by atoms with Crippen LogP contribution in [-0.4, -0.2) is 93.1 Å². The second-order valence-electron chi connectivity index (χ2n) is 12.2. The summed E-state index contributed by atoms with van der Waals surface area (Å²) in [7, 11) is 2.50. The van der Waals surface area contributed by atoms with Gasteiger partial charge in [0.15, 0.2) is 0 Å². The van der Waals surface area contributed by atoms with Crippen LogP contribution in [0.15, 0.2) is 35.5 Å². The fourth-order valence-corrected chi connectivity index (χ4v) is 5.32. The SMILES string of the molecule is COCCO[C@H]1C[C@@H](C2=NC=C(c3ccc(B4OC(C)(C)C(C)(C)O4)cc3)C2)N(C(=O)[C@@H](NC(=O)OC)C(C)C)C1. The molecule has 3 aliphatic heterocycles. The predicted molar refractivity (Wildman–Crippen MR) is 158 cm³/mol. The molecule has 2 saturated heterocycles. The lowest BCUT2D eigenvalue weighted by Crippen LogP contribution is -2.53. The number of likely N-dealkylation sites (tertiary alicyclic amines) is 1. The zero-order valence-electron chi connectivity index (χ0n) is 25.6. The van der Waals surface area contributed by atoms with E-state index in [4.69, 9.17) is 28.5 Å². The Hall–Kier alpha value is -2.73. The number of benzene rings is 1. The minimum absolute atomic E-state index is 0.127. The average molecular weight is 570 g/mol. The first-order chi connectivity index (χ1) is 19.4. The Labute approximate surface area is 243 Å². The Balaban J connectivity index is 1.46. The zero-order chi connectivity index (χ0) is 29.9. The molecular formula is C30H44BN3O7.